The van der Waals surface area contributed by atoms with Gasteiger partial charge in [-0.3, -0.25) is 9.78 Å². The lowest BCUT2D eigenvalue weighted by Gasteiger charge is -2.19. The Morgan fingerprint density at radius 3 is 2.48 bits per heavy atom. The Labute approximate surface area is 171 Å². The molecular weight excluding hydrogens is 389 g/mol. The highest BCUT2D eigenvalue weighted by Crippen LogP contribution is 2.34. The number of benzene rings is 1. The van der Waals surface area contributed by atoms with Crippen LogP contribution in [0.5, 0.6) is 11.5 Å². The third-order valence-electron chi connectivity index (χ3n) is 4.42. The van der Waals surface area contributed by atoms with E-state index in [1.54, 1.807) is 19.5 Å². The number of carbonyl (C=O) groups excluding carboxylic acids is 1. The van der Waals surface area contributed by atoms with Crippen LogP contribution in [0.15, 0.2) is 42.7 Å². The molecule has 148 valence electrons. The number of nitrogens with zero attached hydrogens (tertiary/aromatic N) is 1. The second-order valence-electron chi connectivity index (χ2n) is 6.41. The first-order valence-corrected chi connectivity index (χ1v) is 8.31. The van der Waals surface area contributed by atoms with Crippen molar-refractivity contribution in [1.82, 2.24) is 10.3 Å². The quantitative estimate of drug-likeness (QED) is 0.727. The molecule has 8 heteroatoms. The van der Waals surface area contributed by atoms with Crippen LogP contribution in [0.2, 0.25) is 0 Å². The van der Waals surface area contributed by atoms with Crippen LogP contribution in [0.4, 0.5) is 0 Å². The van der Waals surface area contributed by atoms with E-state index < -0.39 is 5.54 Å². The number of ether oxygens (including phenoxy) is 2. The molecule has 0 bridgehead atoms. The molecule has 1 fully saturated rings. The number of nitrogens with two attached hydrogens (primary N) is 1. The van der Waals surface area contributed by atoms with Gasteiger partial charge in [-0.05, 0) is 55.2 Å². The molecule has 1 amide bonds. The highest BCUT2D eigenvalue weighted by molar-refractivity contribution is 5.89. The SMILES string of the molecule is COc1cc(C(C)NC(=O)C2(N)CC2)ccc1OCc1ccncc1.Cl.Cl. The van der Waals surface area contributed by atoms with E-state index in [9.17, 15) is 4.79 Å². The second kappa shape index (κ2) is 9.78. The number of rotatable bonds is 7. The predicted octanol–water partition coefficient (Wildman–Crippen LogP) is 3.18. The van der Waals surface area contributed by atoms with Crippen LogP contribution in [0.25, 0.3) is 0 Å². The van der Waals surface area contributed by atoms with Crippen LogP contribution >= 0.6 is 24.8 Å². The van der Waals surface area contributed by atoms with Crippen molar-refractivity contribution in [3.8, 4) is 11.5 Å². The minimum atomic E-state index is -0.675. The third-order valence-corrected chi connectivity index (χ3v) is 4.42. The predicted molar refractivity (Wildman–Crippen MR) is 109 cm³/mol. The first kappa shape index (κ1) is 23.0. The molecule has 1 unspecified atom stereocenters. The van der Waals surface area contributed by atoms with Crippen molar-refractivity contribution in [2.45, 2.75) is 38.0 Å². The van der Waals surface area contributed by atoms with Crippen LogP contribution in [0.3, 0.4) is 0 Å². The standard InChI is InChI=1S/C19H23N3O3.2ClH/c1-13(22-18(23)19(20)7-8-19)15-3-4-16(17(11-15)24-2)25-12-14-5-9-21-10-6-14;;/h3-6,9-11,13H,7-8,12,20H2,1-2H3,(H,22,23);2*1H. The van der Waals surface area contributed by atoms with Crippen LogP contribution in [0, 0.1) is 0 Å². The van der Waals surface area contributed by atoms with Gasteiger partial charge in [0.05, 0.1) is 18.7 Å². The van der Waals surface area contributed by atoms with Crippen molar-refractivity contribution in [2.75, 3.05) is 7.11 Å². The molecule has 0 radical (unpaired) electrons. The Kier molecular flexibility index (Phi) is 8.34. The lowest BCUT2D eigenvalue weighted by atomic mass is 10.1. The number of carbonyl (C=O) groups is 1. The third kappa shape index (κ3) is 5.73. The number of nitrogens with one attached hydrogen (secondary N) is 1. The molecule has 2 aromatic rings. The summed E-state index contributed by atoms with van der Waals surface area (Å²) in [4.78, 5) is 16.1. The molecule has 0 aliphatic heterocycles. The molecule has 6 nitrogen and oxygen atoms in total. The van der Waals surface area contributed by atoms with Gasteiger partial charge in [0.25, 0.3) is 0 Å². The Morgan fingerprint density at radius 2 is 1.89 bits per heavy atom. The fourth-order valence-corrected chi connectivity index (χ4v) is 2.50. The number of hydrogen-bond acceptors (Lipinski definition) is 5. The summed E-state index contributed by atoms with van der Waals surface area (Å²) >= 11 is 0. The summed E-state index contributed by atoms with van der Waals surface area (Å²) in [6, 6.07) is 9.30. The van der Waals surface area contributed by atoms with E-state index in [1.165, 1.54) is 0 Å². The minimum absolute atomic E-state index is 0. The van der Waals surface area contributed by atoms with Gasteiger partial charge in [-0.25, -0.2) is 0 Å². The second-order valence-corrected chi connectivity index (χ2v) is 6.41. The fraction of sp³-hybridized carbons (Fsp3) is 0.368. The first-order chi connectivity index (χ1) is 12.0. The van der Waals surface area contributed by atoms with Gasteiger partial charge >= 0.3 is 0 Å². The Hall–Kier alpha value is -2.02. The molecule has 3 N–H and O–H groups in total. The monoisotopic (exact) mass is 413 g/mol. The average molecular weight is 414 g/mol. The van der Waals surface area contributed by atoms with E-state index in [-0.39, 0.29) is 36.8 Å². The zero-order valence-corrected chi connectivity index (χ0v) is 16.9. The Balaban J connectivity index is 0.00000182. The van der Waals surface area contributed by atoms with E-state index in [0.29, 0.717) is 18.1 Å². The van der Waals surface area contributed by atoms with Crippen LogP contribution in [-0.2, 0) is 11.4 Å². The number of halogens is 2. The molecule has 1 saturated carbocycles. The fourth-order valence-electron chi connectivity index (χ4n) is 2.50. The Bertz CT molecular complexity index is 755. The van der Waals surface area contributed by atoms with E-state index in [0.717, 1.165) is 24.0 Å². The molecule has 1 heterocycles. The van der Waals surface area contributed by atoms with E-state index >= 15 is 0 Å². The molecule has 0 spiro atoms. The summed E-state index contributed by atoms with van der Waals surface area (Å²) in [5, 5.41) is 2.96. The molecule has 27 heavy (non-hydrogen) atoms. The largest absolute Gasteiger partial charge is 0.493 e. The molecular formula is C19H25Cl2N3O3. The lowest BCUT2D eigenvalue weighted by Crippen LogP contribution is -2.43. The Morgan fingerprint density at radius 1 is 1.22 bits per heavy atom. The van der Waals surface area contributed by atoms with Gasteiger partial charge in [0, 0.05) is 12.4 Å². The van der Waals surface area contributed by atoms with Crippen LogP contribution < -0.4 is 20.5 Å². The lowest BCUT2D eigenvalue weighted by molar-refractivity contribution is -0.123. The summed E-state index contributed by atoms with van der Waals surface area (Å²) in [7, 11) is 1.60. The number of pyridine rings is 1. The number of hydrogen-bond donors (Lipinski definition) is 2. The van der Waals surface area contributed by atoms with Crippen molar-refractivity contribution < 1.29 is 14.3 Å². The van der Waals surface area contributed by atoms with Crippen molar-refractivity contribution in [3.05, 3.63) is 53.9 Å². The van der Waals surface area contributed by atoms with E-state index in [1.807, 2.05) is 37.3 Å². The smallest absolute Gasteiger partial charge is 0.240 e. The molecule has 1 aliphatic carbocycles. The highest BCUT2D eigenvalue weighted by atomic mass is 35.5. The summed E-state index contributed by atoms with van der Waals surface area (Å²) < 4.78 is 11.3. The van der Waals surface area contributed by atoms with E-state index in [4.69, 9.17) is 15.2 Å². The normalized spacial score (nSPS) is 14.8. The average Bonchev–Trinajstić information content (AvgIpc) is 3.39. The van der Waals surface area contributed by atoms with Gasteiger partial charge in [0.1, 0.15) is 6.61 Å². The zero-order valence-electron chi connectivity index (χ0n) is 15.3. The van der Waals surface area contributed by atoms with Crippen LogP contribution in [-0.4, -0.2) is 23.5 Å². The number of amides is 1. The first-order valence-electron chi connectivity index (χ1n) is 8.31. The molecule has 1 atom stereocenters. The number of aromatic nitrogens is 1. The highest BCUT2D eigenvalue weighted by Gasteiger charge is 2.46. The maximum absolute atomic E-state index is 12.1. The van der Waals surface area contributed by atoms with Gasteiger partial charge in [0.2, 0.25) is 5.91 Å². The summed E-state index contributed by atoms with van der Waals surface area (Å²) in [6.07, 6.45) is 4.95. The van der Waals surface area contributed by atoms with Crippen molar-refractivity contribution in [3.63, 3.8) is 0 Å². The van der Waals surface area contributed by atoms with Crippen molar-refractivity contribution in [2.24, 2.45) is 5.73 Å². The van der Waals surface area contributed by atoms with Gasteiger partial charge in [-0.2, -0.15) is 0 Å². The zero-order chi connectivity index (χ0) is 17.9. The van der Waals surface area contributed by atoms with Gasteiger partial charge in [-0.1, -0.05) is 6.07 Å². The van der Waals surface area contributed by atoms with Gasteiger partial charge in [0.15, 0.2) is 11.5 Å². The maximum atomic E-state index is 12.1. The van der Waals surface area contributed by atoms with Crippen molar-refractivity contribution in [1.29, 1.82) is 0 Å². The van der Waals surface area contributed by atoms with E-state index in [2.05, 4.69) is 10.3 Å². The molecule has 1 aromatic carbocycles. The maximum Gasteiger partial charge on any atom is 0.240 e. The number of methoxy groups -OCH3 is 1. The van der Waals surface area contributed by atoms with Crippen molar-refractivity contribution >= 4 is 30.7 Å². The topological polar surface area (TPSA) is 86.5 Å². The summed E-state index contributed by atoms with van der Waals surface area (Å²) in [5.41, 5.74) is 7.22. The molecule has 3 rings (SSSR count). The minimum Gasteiger partial charge on any atom is -0.493 e. The summed E-state index contributed by atoms with van der Waals surface area (Å²) in [6.45, 7) is 2.36. The summed E-state index contributed by atoms with van der Waals surface area (Å²) in [5.74, 6) is 1.18. The van der Waals surface area contributed by atoms with Crippen LogP contribution in [0.1, 0.15) is 36.9 Å². The molecule has 0 saturated heterocycles. The van der Waals surface area contributed by atoms with Gasteiger partial charge in [-0.15, -0.1) is 24.8 Å². The molecule has 1 aliphatic rings. The molecule has 1 aromatic heterocycles. The van der Waals surface area contributed by atoms with Gasteiger partial charge < -0.3 is 20.5 Å².